The molecule has 2 bridgehead atoms. The van der Waals surface area contributed by atoms with Gasteiger partial charge in [-0.2, -0.15) is 5.06 Å². The summed E-state index contributed by atoms with van der Waals surface area (Å²) in [6, 6.07) is 18.3. The highest BCUT2D eigenvalue weighted by atomic mass is 16.7. The maximum atomic E-state index is 12.8. The molecule has 5 nitrogen and oxygen atoms in total. The summed E-state index contributed by atoms with van der Waals surface area (Å²) in [7, 11) is 0. The van der Waals surface area contributed by atoms with E-state index < -0.39 is 11.8 Å². The molecule has 3 aromatic rings. The van der Waals surface area contributed by atoms with Gasteiger partial charge in [-0.1, -0.05) is 60.7 Å². The molecule has 0 N–H and O–H groups in total. The number of carbonyl (C=O) groups excluding carboxylic acids is 2. The van der Waals surface area contributed by atoms with Crippen molar-refractivity contribution in [2.24, 2.45) is 11.8 Å². The number of hydrogen-bond donors (Lipinski definition) is 0. The zero-order chi connectivity index (χ0) is 18.8. The van der Waals surface area contributed by atoms with Crippen molar-refractivity contribution in [3.63, 3.8) is 0 Å². The summed E-state index contributed by atoms with van der Waals surface area (Å²) in [4.78, 5) is 31.4. The fraction of sp³-hybridized carbons (Fsp3) is 0.217. The quantitative estimate of drug-likeness (QED) is 0.402. The van der Waals surface area contributed by atoms with Crippen molar-refractivity contribution < 1.29 is 19.2 Å². The van der Waals surface area contributed by atoms with Gasteiger partial charge in [0.25, 0.3) is 11.8 Å². The molecule has 0 radical (unpaired) electrons. The van der Waals surface area contributed by atoms with Crippen molar-refractivity contribution in [3.05, 3.63) is 72.3 Å². The van der Waals surface area contributed by atoms with Crippen molar-refractivity contribution in [3.8, 4) is 0 Å². The lowest BCUT2D eigenvalue weighted by Gasteiger charge is -2.18. The van der Waals surface area contributed by atoms with Gasteiger partial charge in [0.1, 0.15) is 6.61 Å². The predicted molar refractivity (Wildman–Crippen MR) is 103 cm³/mol. The normalized spacial score (nSPS) is 28.1. The Hall–Kier alpha value is -3.02. The monoisotopic (exact) mass is 371 g/mol. The second kappa shape index (κ2) is 5.74. The first-order valence-corrected chi connectivity index (χ1v) is 9.46. The summed E-state index contributed by atoms with van der Waals surface area (Å²) in [5.74, 6) is -1.49. The number of nitrogens with zero attached hydrogens (tertiary/aromatic N) is 1. The number of imide groups is 1. The number of benzene rings is 3. The number of ether oxygens (including phenoxy) is 1. The van der Waals surface area contributed by atoms with Gasteiger partial charge in [0.2, 0.25) is 0 Å². The summed E-state index contributed by atoms with van der Waals surface area (Å²) in [5, 5.41) is 5.30. The third-order valence-electron chi connectivity index (χ3n) is 6.09. The Morgan fingerprint density at radius 3 is 1.93 bits per heavy atom. The molecule has 0 aromatic heterocycles. The molecule has 3 aliphatic rings. The largest absolute Gasteiger partial charge is 0.365 e. The van der Waals surface area contributed by atoms with Crippen molar-refractivity contribution in [1.82, 2.24) is 5.06 Å². The van der Waals surface area contributed by atoms with Gasteiger partial charge in [0, 0.05) is 0 Å². The molecule has 4 atom stereocenters. The van der Waals surface area contributed by atoms with Gasteiger partial charge in [-0.15, -0.1) is 0 Å². The summed E-state index contributed by atoms with van der Waals surface area (Å²) in [6.07, 6.45) is 3.13. The summed E-state index contributed by atoms with van der Waals surface area (Å²) >= 11 is 0. The molecule has 6 rings (SSSR count). The van der Waals surface area contributed by atoms with Gasteiger partial charge in [0.05, 0.1) is 24.0 Å². The van der Waals surface area contributed by atoms with Crippen LogP contribution in [0.1, 0.15) is 5.56 Å². The molecule has 28 heavy (non-hydrogen) atoms. The van der Waals surface area contributed by atoms with Crippen LogP contribution in [-0.2, 0) is 25.8 Å². The zero-order valence-corrected chi connectivity index (χ0v) is 14.9. The maximum Gasteiger partial charge on any atom is 0.260 e. The Morgan fingerprint density at radius 2 is 1.36 bits per heavy atom. The van der Waals surface area contributed by atoms with E-state index in [-0.39, 0.29) is 30.6 Å². The van der Waals surface area contributed by atoms with Crippen LogP contribution in [0.5, 0.6) is 0 Å². The van der Waals surface area contributed by atoms with Crippen LogP contribution in [-0.4, -0.2) is 29.1 Å². The number of amides is 2. The molecule has 5 heteroatoms. The third-order valence-corrected chi connectivity index (χ3v) is 6.09. The lowest BCUT2D eigenvalue weighted by molar-refractivity contribution is -0.195. The average Bonchev–Trinajstić information content (AvgIpc) is 3.40. The Bertz CT molecular complexity index is 1100. The molecule has 0 spiro atoms. The van der Waals surface area contributed by atoms with Crippen LogP contribution in [0, 0.1) is 11.8 Å². The fourth-order valence-corrected chi connectivity index (χ4v) is 4.80. The zero-order valence-electron chi connectivity index (χ0n) is 14.9. The van der Waals surface area contributed by atoms with E-state index in [1.165, 1.54) is 0 Å². The fourth-order valence-electron chi connectivity index (χ4n) is 4.80. The van der Waals surface area contributed by atoms with E-state index in [4.69, 9.17) is 9.57 Å². The van der Waals surface area contributed by atoms with Gasteiger partial charge < -0.3 is 4.74 Å². The van der Waals surface area contributed by atoms with E-state index >= 15 is 0 Å². The molecular formula is C23H17NO4. The van der Waals surface area contributed by atoms with Gasteiger partial charge in [0.15, 0.2) is 0 Å². The van der Waals surface area contributed by atoms with Crippen molar-refractivity contribution in [2.75, 3.05) is 0 Å². The lowest BCUT2D eigenvalue weighted by Crippen LogP contribution is -2.34. The summed E-state index contributed by atoms with van der Waals surface area (Å²) in [5.41, 5.74) is 0.976. The Morgan fingerprint density at radius 1 is 0.821 bits per heavy atom. The molecule has 0 aliphatic carbocycles. The SMILES string of the molecule is O=C1[C@@H]2[C@H](C(=O)N1OCc1c3ccccc3cc3ccccc13)[C@H]1C=C[C@@H]2O1. The van der Waals surface area contributed by atoms with Crippen LogP contribution in [0.2, 0.25) is 0 Å². The Labute approximate surface area is 161 Å². The van der Waals surface area contributed by atoms with E-state index in [1.807, 2.05) is 48.6 Å². The smallest absolute Gasteiger partial charge is 0.260 e. The molecule has 3 aliphatic heterocycles. The highest BCUT2D eigenvalue weighted by Gasteiger charge is 2.61. The molecule has 138 valence electrons. The minimum absolute atomic E-state index is 0.155. The van der Waals surface area contributed by atoms with E-state index in [1.54, 1.807) is 0 Å². The van der Waals surface area contributed by atoms with Crippen LogP contribution in [0.15, 0.2) is 66.7 Å². The molecule has 3 heterocycles. The Kier molecular flexibility index (Phi) is 3.27. The average molecular weight is 371 g/mol. The Balaban J connectivity index is 1.37. The highest BCUT2D eigenvalue weighted by Crippen LogP contribution is 2.45. The summed E-state index contributed by atoms with van der Waals surface area (Å²) < 4.78 is 5.67. The van der Waals surface area contributed by atoms with Gasteiger partial charge in [-0.25, -0.2) is 0 Å². The number of hydroxylamine groups is 2. The molecule has 0 unspecified atom stereocenters. The standard InChI is InChI=1S/C23H17NO4/c25-22-20-18-9-10-19(28-18)21(20)23(26)24(22)27-12-17-15-7-3-1-5-13(15)11-14-6-2-4-8-16(14)17/h1-11,18-21H,12H2/t18-,19+,20-,21+. The van der Waals surface area contributed by atoms with Crippen LogP contribution >= 0.6 is 0 Å². The summed E-state index contributed by atoms with van der Waals surface area (Å²) in [6.45, 7) is 0.155. The third kappa shape index (κ3) is 2.08. The first-order chi connectivity index (χ1) is 13.7. The predicted octanol–water partition coefficient (Wildman–Crippen LogP) is 3.36. The van der Waals surface area contributed by atoms with Gasteiger partial charge in [-0.05, 0) is 33.2 Å². The van der Waals surface area contributed by atoms with Crippen molar-refractivity contribution >= 4 is 33.4 Å². The first kappa shape index (κ1) is 16.0. The van der Waals surface area contributed by atoms with Crippen LogP contribution in [0.3, 0.4) is 0 Å². The highest BCUT2D eigenvalue weighted by molar-refractivity contribution is 6.06. The van der Waals surface area contributed by atoms with Crippen LogP contribution < -0.4 is 0 Å². The van der Waals surface area contributed by atoms with Crippen LogP contribution in [0.25, 0.3) is 21.5 Å². The minimum Gasteiger partial charge on any atom is -0.365 e. The number of fused-ring (bicyclic) bond motifs is 7. The van der Waals surface area contributed by atoms with Gasteiger partial charge in [-0.3, -0.25) is 14.4 Å². The van der Waals surface area contributed by atoms with Crippen molar-refractivity contribution in [2.45, 2.75) is 18.8 Å². The lowest BCUT2D eigenvalue weighted by atomic mass is 9.85. The molecule has 3 aromatic carbocycles. The first-order valence-electron chi connectivity index (χ1n) is 9.46. The molecule has 2 fully saturated rings. The molecule has 2 amide bonds. The second-order valence-electron chi connectivity index (χ2n) is 7.54. The van der Waals surface area contributed by atoms with E-state index in [9.17, 15) is 9.59 Å². The van der Waals surface area contributed by atoms with E-state index in [0.717, 1.165) is 32.2 Å². The molecule has 2 saturated heterocycles. The van der Waals surface area contributed by atoms with Crippen LogP contribution in [0.4, 0.5) is 0 Å². The number of hydrogen-bond acceptors (Lipinski definition) is 4. The maximum absolute atomic E-state index is 12.8. The topological polar surface area (TPSA) is 55.8 Å². The van der Waals surface area contributed by atoms with Gasteiger partial charge >= 0.3 is 0 Å². The van der Waals surface area contributed by atoms with E-state index in [2.05, 4.69) is 18.2 Å². The molecular weight excluding hydrogens is 354 g/mol. The number of rotatable bonds is 3. The van der Waals surface area contributed by atoms with E-state index in [0.29, 0.717) is 0 Å². The van der Waals surface area contributed by atoms with Crippen molar-refractivity contribution in [1.29, 1.82) is 0 Å². The minimum atomic E-state index is -0.452. The number of carbonyl (C=O) groups is 2. The molecule has 0 saturated carbocycles. The second-order valence-corrected chi connectivity index (χ2v) is 7.54.